The second-order valence-corrected chi connectivity index (χ2v) is 11.3. The maximum absolute atomic E-state index is 12.0. The van der Waals surface area contributed by atoms with Crippen LogP contribution in [0.25, 0.3) is 0 Å². The van der Waals surface area contributed by atoms with Gasteiger partial charge in [0, 0.05) is 55.4 Å². The van der Waals surface area contributed by atoms with E-state index >= 15 is 0 Å². The summed E-state index contributed by atoms with van der Waals surface area (Å²) in [5, 5.41) is 0. The smallest absolute Gasteiger partial charge is 0.303 e. The third kappa shape index (κ3) is 14.5. The van der Waals surface area contributed by atoms with Crippen LogP contribution in [0.1, 0.15) is 55.4 Å². The standard InChI is InChI=1S/C32H44O20/c1-15(33)43-13-23-25(45-17(3)35)27(47-19(5)37)29(49-21(7)39)31(51-23)41-11-9-10-12-42-32-30(50-22(8)40)28(48-20(6)38)26(46-18(4)36)24(52-32)14-44-16(2)34/h9-10,23-32H,11-14H2,1-8H3/b10-9+/t23-,24-,25+,26+,27+,28+,29-,30-,31-,32-/m1/s1. The van der Waals surface area contributed by atoms with Gasteiger partial charge in [-0.05, 0) is 0 Å². The molecule has 2 saturated heterocycles. The maximum Gasteiger partial charge on any atom is 0.303 e. The predicted octanol–water partition coefficient (Wildman–Crippen LogP) is -0.258. The lowest BCUT2D eigenvalue weighted by molar-refractivity contribution is -0.306. The summed E-state index contributed by atoms with van der Waals surface area (Å²) in [6.45, 7) is 7.37. The number of carbonyl (C=O) groups excluding carboxylic acids is 8. The van der Waals surface area contributed by atoms with E-state index in [4.69, 9.17) is 56.8 Å². The van der Waals surface area contributed by atoms with Gasteiger partial charge in [0.05, 0.1) is 13.2 Å². The zero-order valence-electron chi connectivity index (χ0n) is 29.9. The van der Waals surface area contributed by atoms with Crippen molar-refractivity contribution in [3.8, 4) is 0 Å². The van der Waals surface area contributed by atoms with Crippen molar-refractivity contribution >= 4 is 47.8 Å². The van der Waals surface area contributed by atoms with Gasteiger partial charge in [0.2, 0.25) is 0 Å². The molecule has 0 amide bonds. The molecule has 20 heteroatoms. The minimum absolute atomic E-state index is 0.254. The third-order valence-corrected chi connectivity index (χ3v) is 6.78. The molecule has 0 bridgehead atoms. The molecule has 2 aliphatic heterocycles. The predicted molar refractivity (Wildman–Crippen MR) is 165 cm³/mol. The highest BCUT2D eigenvalue weighted by atomic mass is 16.7. The molecule has 52 heavy (non-hydrogen) atoms. The van der Waals surface area contributed by atoms with E-state index in [0.717, 1.165) is 55.4 Å². The fourth-order valence-corrected chi connectivity index (χ4v) is 5.08. The van der Waals surface area contributed by atoms with Crippen molar-refractivity contribution in [1.82, 2.24) is 0 Å². The highest BCUT2D eigenvalue weighted by Gasteiger charge is 2.54. The van der Waals surface area contributed by atoms with Crippen molar-refractivity contribution in [2.75, 3.05) is 26.4 Å². The average molecular weight is 749 g/mol. The Hall–Kier alpha value is -4.66. The van der Waals surface area contributed by atoms with Crippen LogP contribution in [0.4, 0.5) is 0 Å². The summed E-state index contributed by atoms with van der Waals surface area (Å²) < 4.78 is 65.4. The summed E-state index contributed by atoms with van der Waals surface area (Å²) in [5.41, 5.74) is 0. The van der Waals surface area contributed by atoms with Crippen molar-refractivity contribution in [3.63, 3.8) is 0 Å². The van der Waals surface area contributed by atoms with Crippen molar-refractivity contribution < 1.29 is 95.2 Å². The summed E-state index contributed by atoms with van der Waals surface area (Å²) >= 11 is 0. The van der Waals surface area contributed by atoms with Crippen molar-refractivity contribution in [3.05, 3.63) is 12.2 Å². The molecule has 0 spiro atoms. The van der Waals surface area contributed by atoms with Crippen LogP contribution < -0.4 is 0 Å². The van der Waals surface area contributed by atoms with Gasteiger partial charge in [-0.1, -0.05) is 12.2 Å². The van der Waals surface area contributed by atoms with E-state index in [1.54, 1.807) is 0 Å². The Kier molecular flexibility index (Phi) is 17.6. The van der Waals surface area contributed by atoms with E-state index < -0.39 is 122 Å². The summed E-state index contributed by atoms with van der Waals surface area (Å²) in [6, 6.07) is 0. The number of ether oxygens (including phenoxy) is 12. The van der Waals surface area contributed by atoms with Gasteiger partial charge in [-0.3, -0.25) is 38.4 Å². The molecule has 0 saturated carbocycles. The molecule has 2 heterocycles. The Morgan fingerprint density at radius 3 is 0.942 bits per heavy atom. The van der Waals surface area contributed by atoms with Gasteiger partial charge < -0.3 is 56.8 Å². The molecular formula is C32H44O20. The first kappa shape index (κ1) is 43.5. The van der Waals surface area contributed by atoms with Gasteiger partial charge in [-0.25, -0.2) is 0 Å². The molecule has 20 nitrogen and oxygen atoms in total. The molecule has 0 aromatic carbocycles. The fourth-order valence-electron chi connectivity index (χ4n) is 5.08. The van der Waals surface area contributed by atoms with Crippen molar-refractivity contribution in [1.29, 1.82) is 0 Å². The van der Waals surface area contributed by atoms with Crippen LogP contribution in [0.2, 0.25) is 0 Å². The van der Waals surface area contributed by atoms with Crippen LogP contribution in [0.15, 0.2) is 12.2 Å². The van der Waals surface area contributed by atoms with E-state index in [1.807, 2.05) is 0 Å². The van der Waals surface area contributed by atoms with E-state index in [1.165, 1.54) is 12.2 Å². The van der Waals surface area contributed by atoms with Gasteiger partial charge in [0.25, 0.3) is 0 Å². The lowest BCUT2D eigenvalue weighted by Crippen LogP contribution is -2.63. The minimum atomic E-state index is -1.44. The highest BCUT2D eigenvalue weighted by molar-refractivity contribution is 5.70. The normalized spacial score (nSPS) is 28.5. The van der Waals surface area contributed by atoms with Gasteiger partial charge in [-0.15, -0.1) is 0 Å². The van der Waals surface area contributed by atoms with E-state index in [0.29, 0.717) is 0 Å². The molecule has 0 N–H and O–H groups in total. The number of rotatable bonds is 16. The topological polar surface area (TPSA) is 247 Å². The largest absolute Gasteiger partial charge is 0.463 e. The lowest BCUT2D eigenvalue weighted by atomic mass is 9.98. The molecule has 292 valence electrons. The molecule has 2 fully saturated rings. The number of carbonyl (C=O) groups is 8. The SMILES string of the molecule is CC(=O)OC[C@H]1O[C@@H](OC/C=C/CO[C@@H]2O[C@H](COC(C)=O)[C@H](OC(C)=O)[C@H](OC(C)=O)[C@H]2OC(C)=O)[C@H](OC(C)=O)[C@@H](OC(C)=O)[C@H]1OC(C)=O. The average Bonchev–Trinajstić information content (AvgIpc) is 3.00. The van der Waals surface area contributed by atoms with Gasteiger partial charge in [0.15, 0.2) is 49.2 Å². The second-order valence-electron chi connectivity index (χ2n) is 11.3. The van der Waals surface area contributed by atoms with E-state index in [2.05, 4.69) is 0 Å². The van der Waals surface area contributed by atoms with Crippen LogP contribution >= 0.6 is 0 Å². The van der Waals surface area contributed by atoms with Crippen LogP contribution in [0, 0.1) is 0 Å². The quantitative estimate of drug-likeness (QED) is 0.112. The maximum atomic E-state index is 12.0. The van der Waals surface area contributed by atoms with Gasteiger partial charge >= 0.3 is 47.8 Å². The number of hydrogen-bond donors (Lipinski definition) is 0. The summed E-state index contributed by atoms with van der Waals surface area (Å²) in [6.07, 6.45) is -10.9. The molecule has 0 aromatic rings. The fraction of sp³-hybridized carbons (Fsp3) is 0.688. The Morgan fingerprint density at radius 1 is 0.404 bits per heavy atom. The number of hydrogen-bond acceptors (Lipinski definition) is 20. The summed E-state index contributed by atoms with van der Waals surface area (Å²) in [7, 11) is 0. The Bertz CT molecular complexity index is 1230. The zero-order valence-corrected chi connectivity index (χ0v) is 29.9. The molecule has 0 aromatic heterocycles. The Morgan fingerprint density at radius 2 is 0.673 bits per heavy atom. The summed E-state index contributed by atoms with van der Waals surface area (Å²) in [4.78, 5) is 95.0. The van der Waals surface area contributed by atoms with Crippen LogP contribution in [0.5, 0.6) is 0 Å². The Labute approximate surface area is 298 Å². The molecular weight excluding hydrogens is 704 g/mol. The molecule has 0 unspecified atom stereocenters. The molecule has 2 aliphatic rings. The first-order valence-corrected chi connectivity index (χ1v) is 15.9. The minimum Gasteiger partial charge on any atom is -0.463 e. The first-order chi connectivity index (χ1) is 24.4. The first-order valence-electron chi connectivity index (χ1n) is 15.9. The molecule has 0 aliphatic carbocycles. The van der Waals surface area contributed by atoms with Gasteiger partial charge in [-0.2, -0.15) is 0 Å². The van der Waals surface area contributed by atoms with Crippen molar-refractivity contribution in [2.24, 2.45) is 0 Å². The second kappa shape index (κ2) is 21.0. The summed E-state index contributed by atoms with van der Waals surface area (Å²) in [5.74, 6) is -6.21. The lowest BCUT2D eigenvalue weighted by Gasteiger charge is -2.44. The Balaban J connectivity index is 2.27. The van der Waals surface area contributed by atoms with Gasteiger partial charge in [0.1, 0.15) is 25.4 Å². The number of esters is 8. The molecule has 10 atom stereocenters. The van der Waals surface area contributed by atoms with Crippen molar-refractivity contribution in [2.45, 2.75) is 117 Å². The van der Waals surface area contributed by atoms with Crippen LogP contribution in [0.3, 0.4) is 0 Å². The van der Waals surface area contributed by atoms with Crippen LogP contribution in [-0.2, 0) is 95.2 Å². The van der Waals surface area contributed by atoms with Crippen LogP contribution in [-0.4, -0.2) is 136 Å². The zero-order chi connectivity index (χ0) is 39.1. The molecule has 2 rings (SSSR count). The van der Waals surface area contributed by atoms with E-state index in [9.17, 15) is 38.4 Å². The third-order valence-electron chi connectivity index (χ3n) is 6.78. The highest BCUT2D eigenvalue weighted by Crippen LogP contribution is 2.31. The monoisotopic (exact) mass is 748 g/mol. The van der Waals surface area contributed by atoms with E-state index in [-0.39, 0.29) is 13.2 Å². The molecule has 0 radical (unpaired) electrons.